The van der Waals surface area contributed by atoms with Crippen molar-refractivity contribution in [3.63, 3.8) is 0 Å². The summed E-state index contributed by atoms with van der Waals surface area (Å²) >= 11 is 0. The first-order valence-corrected chi connectivity index (χ1v) is 11.6. The highest BCUT2D eigenvalue weighted by atomic mass is 32.2. The zero-order valence-electron chi connectivity index (χ0n) is 17.7. The average Bonchev–Trinajstić information content (AvgIpc) is 3.13. The van der Waals surface area contributed by atoms with Crippen molar-refractivity contribution in [3.05, 3.63) is 83.2 Å². The monoisotopic (exact) mass is 454 g/mol. The van der Waals surface area contributed by atoms with Crippen LogP contribution in [0.3, 0.4) is 0 Å². The van der Waals surface area contributed by atoms with Crippen LogP contribution in [0, 0.1) is 19.7 Å². The number of aryl methyl sites for hydroxylation is 2. The van der Waals surface area contributed by atoms with Gasteiger partial charge < -0.3 is 9.64 Å². The number of benzene rings is 3. The van der Waals surface area contributed by atoms with Gasteiger partial charge in [-0.05, 0) is 66.9 Å². The highest BCUT2D eigenvalue weighted by Crippen LogP contribution is 2.36. The molecule has 0 radical (unpaired) electrons. The molecule has 1 fully saturated rings. The van der Waals surface area contributed by atoms with Gasteiger partial charge in [0.25, 0.3) is 0 Å². The molecule has 3 aromatic carbocycles. The molecule has 0 aromatic heterocycles. The van der Waals surface area contributed by atoms with Crippen LogP contribution >= 0.6 is 0 Å². The minimum atomic E-state index is -3.80. The van der Waals surface area contributed by atoms with Crippen molar-refractivity contribution in [2.45, 2.75) is 31.1 Å². The van der Waals surface area contributed by atoms with Gasteiger partial charge in [-0.2, -0.15) is 0 Å². The second-order valence-electron chi connectivity index (χ2n) is 7.96. The molecule has 1 aliphatic rings. The fourth-order valence-electron chi connectivity index (χ4n) is 3.92. The number of hydrogen-bond donors (Lipinski definition) is 1. The van der Waals surface area contributed by atoms with Crippen LogP contribution in [-0.2, 0) is 14.8 Å². The number of para-hydroxylation sites is 1. The molecule has 1 atom stereocenters. The maximum atomic E-state index is 14.5. The summed E-state index contributed by atoms with van der Waals surface area (Å²) in [4.78, 5) is 14.2. The molecule has 0 bridgehead atoms. The fraction of sp³-hybridized carbons (Fsp3) is 0.208. The lowest BCUT2D eigenvalue weighted by Gasteiger charge is -2.18. The Bertz CT molecular complexity index is 1270. The summed E-state index contributed by atoms with van der Waals surface area (Å²) in [5.74, 6) is 0.00308. The molecule has 2 N–H and O–H groups in total. The molecule has 1 heterocycles. The summed E-state index contributed by atoms with van der Waals surface area (Å²) < 4.78 is 43.3. The number of nitrogens with two attached hydrogens (primary N) is 1. The molecule has 4 rings (SSSR count). The lowest BCUT2D eigenvalue weighted by molar-refractivity contribution is -0.117. The molecule has 8 heteroatoms. The van der Waals surface area contributed by atoms with E-state index in [0.29, 0.717) is 18.0 Å². The first-order valence-electron chi connectivity index (χ1n) is 10.1. The second-order valence-corrected chi connectivity index (χ2v) is 9.52. The van der Waals surface area contributed by atoms with Gasteiger partial charge in [0.15, 0.2) is 11.6 Å². The number of carbonyl (C=O) groups excluding carboxylic acids is 1. The molecule has 0 saturated carbocycles. The van der Waals surface area contributed by atoms with Crippen molar-refractivity contribution in [1.29, 1.82) is 0 Å². The lowest BCUT2D eigenvalue weighted by Crippen LogP contribution is -2.24. The maximum Gasteiger partial charge on any atom is 0.238 e. The van der Waals surface area contributed by atoms with Gasteiger partial charge in [0.1, 0.15) is 5.75 Å². The Morgan fingerprint density at radius 1 is 1.03 bits per heavy atom. The van der Waals surface area contributed by atoms with Gasteiger partial charge >= 0.3 is 0 Å². The predicted octanol–water partition coefficient (Wildman–Crippen LogP) is 4.40. The third-order valence-corrected chi connectivity index (χ3v) is 6.58. The van der Waals surface area contributed by atoms with Gasteiger partial charge in [0, 0.05) is 24.6 Å². The molecule has 1 saturated heterocycles. The van der Waals surface area contributed by atoms with E-state index in [4.69, 9.17) is 9.88 Å². The van der Waals surface area contributed by atoms with Gasteiger partial charge in [-0.3, -0.25) is 4.79 Å². The Morgan fingerprint density at radius 3 is 2.31 bits per heavy atom. The second kappa shape index (κ2) is 8.37. The number of ether oxygens (including phenoxy) is 1. The minimum absolute atomic E-state index is 0.0173. The van der Waals surface area contributed by atoms with E-state index in [1.165, 1.54) is 18.2 Å². The third kappa shape index (κ3) is 4.37. The summed E-state index contributed by atoms with van der Waals surface area (Å²) in [6, 6.07) is 16.2. The van der Waals surface area contributed by atoms with Crippen LogP contribution in [0.4, 0.5) is 10.1 Å². The number of primary sulfonamides is 1. The number of hydrogen-bond acceptors (Lipinski definition) is 4. The van der Waals surface area contributed by atoms with Gasteiger partial charge in [-0.25, -0.2) is 17.9 Å². The van der Waals surface area contributed by atoms with E-state index >= 15 is 0 Å². The Balaban J connectivity index is 1.57. The van der Waals surface area contributed by atoms with Crippen molar-refractivity contribution < 1.29 is 22.3 Å². The van der Waals surface area contributed by atoms with Crippen LogP contribution in [0.25, 0.3) is 0 Å². The Morgan fingerprint density at radius 2 is 1.69 bits per heavy atom. The number of anilines is 1. The first kappa shape index (κ1) is 22.0. The number of amides is 1. The van der Waals surface area contributed by atoms with E-state index in [1.54, 1.807) is 29.2 Å². The molecule has 0 unspecified atom stereocenters. The Labute approximate surface area is 186 Å². The van der Waals surface area contributed by atoms with Gasteiger partial charge in [0.2, 0.25) is 15.9 Å². The Kier molecular flexibility index (Phi) is 5.75. The topological polar surface area (TPSA) is 89.7 Å². The number of sulfonamides is 1. The van der Waals surface area contributed by atoms with Crippen molar-refractivity contribution >= 4 is 21.6 Å². The van der Waals surface area contributed by atoms with Gasteiger partial charge in [-0.1, -0.05) is 24.3 Å². The van der Waals surface area contributed by atoms with Crippen LogP contribution in [0.1, 0.15) is 29.0 Å². The largest absolute Gasteiger partial charge is 0.454 e. The SMILES string of the molecule is Cc1cccc(C)c1Oc1cc([C@H]2CC(=O)N(c3ccc(S(N)(=O)=O)cc3)C2)ccc1F. The van der Waals surface area contributed by atoms with Gasteiger partial charge in [0.05, 0.1) is 4.90 Å². The molecular formula is C24H23FN2O4S. The molecule has 0 spiro atoms. The average molecular weight is 455 g/mol. The predicted molar refractivity (Wildman–Crippen MR) is 120 cm³/mol. The van der Waals surface area contributed by atoms with Crippen LogP contribution in [0.2, 0.25) is 0 Å². The zero-order valence-corrected chi connectivity index (χ0v) is 18.5. The molecular weight excluding hydrogens is 431 g/mol. The number of carbonyl (C=O) groups is 1. The molecule has 6 nitrogen and oxygen atoms in total. The summed E-state index contributed by atoms with van der Waals surface area (Å²) in [6.07, 6.45) is 0.255. The standard InChI is InChI=1S/C24H23FN2O4S/c1-15-4-3-5-16(2)24(15)31-22-12-17(6-11-21(22)25)18-13-23(28)27(14-18)19-7-9-20(10-8-19)32(26,29)30/h3-12,18H,13-14H2,1-2H3,(H2,26,29,30)/t18-/m0/s1. The molecule has 32 heavy (non-hydrogen) atoms. The van der Waals surface area contributed by atoms with E-state index in [9.17, 15) is 17.6 Å². The minimum Gasteiger partial charge on any atom is -0.454 e. The van der Waals surface area contributed by atoms with Crippen LogP contribution in [0.15, 0.2) is 65.6 Å². The van der Waals surface area contributed by atoms with E-state index in [0.717, 1.165) is 16.7 Å². The Hall–Kier alpha value is -3.23. The molecule has 3 aromatic rings. The highest BCUT2D eigenvalue weighted by molar-refractivity contribution is 7.89. The third-order valence-electron chi connectivity index (χ3n) is 5.65. The fourth-order valence-corrected chi connectivity index (χ4v) is 4.43. The molecule has 1 aliphatic heterocycles. The smallest absolute Gasteiger partial charge is 0.238 e. The van der Waals surface area contributed by atoms with Crippen LogP contribution in [0.5, 0.6) is 11.5 Å². The van der Waals surface area contributed by atoms with Crippen molar-refractivity contribution in [2.75, 3.05) is 11.4 Å². The summed E-state index contributed by atoms with van der Waals surface area (Å²) in [5, 5.41) is 5.13. The van der Waals surface area contributed by atoms with E-state index in [2.05, 4.69) is 0 Å². The normalized spacial score (nSPS) is 16.4. The molecule has 166 valence electrons. The summed E-state index contributed by atoms with van der Waals surface area (Å²) in [6.45, 7) is 4.19. The van der Waals surface area contributed by atoms with Crippen molar-refractivity contribution in [2.24, 2.45) is 5.14 Å². The van der Waals surface area contributed by atoms with Crippen LogP contribution < -0.4 is 14.8 Å². The van der Waals surface area contributed by atoms with Crippen LogP contribution in [-0.4, -0.2) is 20.9 Å². The quantitative estimate of drug-likeness (QED) is 0.619. The van der Waals surface area contributed by atoms with E-state index < -0.39 is 15.8 Å². The lowest BCUT2D eigenvalue weighted by atomic mass is 9.98. The molecule has 1 amide bonds. The molecule has 0 aliphatic carbocycles. The number of nitrogens with zero attached hydrogens (tertiary/aromatic N) is 1. The van der Waals surface area contributed by atoms with Crippen molar-refractivity contribution in [3.8, 4) is 11.5 Å². The number of halogens is 1. The summed E-state index contributed by atoms with van der Waals surface area (Å²) in [5.41, 5.74) is 3.18. The van der Waals surface area contributed by atoms with Gasteiger partial charge in [-0.15, -0.1) is 0 Å². The van der Waals surface area contributed by atoms with E-state index in [1.807, 2.05) is 32.0 Å². The first-order chi connectivity index (χ1) is 15.1. The highest BCUT2D eigenvalue weighted by Gasteiger charge is 2.32. The maximum absolute atomic E-state index is 14.5. The summed E-state index contributed by atoms with van der Waals surface area (Å²) in [7, 11) is -3.80. The van der Waals surface area contributed by atoms with E-state index in [-0.39, 0.29) is 28.9 Å². The zero-order chi connectivity index (χ0) is 23.0. The number of rotatable bonds is 5. The van der Waals surface area contributed by atoms with Crippen molar-refractivity contribution in [1.82, 2.24) is 0 Å².